The number of nitrogens with one attached hydrogen (secondary N) is 2. The third-order valence-electron chi connectivity index (χ3n) is 6.52. The summed E-state index contributed by atoms with van der Waals surface area (Å²) in [6.07, 6.45) is 12.7. The molecule has 0 unspecified atom stereocenters. The number of hydrogen-bond acceptors (Lipinski definition) is 4. The molecule has 174 valence electrons. The van der Waals surface area contributed by atoms with Crippen LogP contribution in [0.3, 0.4) is 0 Å². The second-order valence-corrected chi connectivity index (χ2v) is 10.3. The van der Waals surface area contributed by atoms with Crippen molar-refractivity contribution in [2.45, 2.75) is 59.3 Å². The number of pyridine rings is 1. The van der Waals surface area contributed by atoms with Crippen molar-refractivity contribution in [1.29, 1.82) is 0 Å². The number of nitrogens with zero attached hydrogens (tertiary/aromatic N) is 1. The molecule has 3 nitrogen and oxygen atoms in total. The Hall–Kier alpha value is -2.53. The van der Waals surface area contributed by atoms with Crippen LogP contribution in [0.2, 0.25) is 0 Å². The lowest BCUT2D eigenvalue weighted by atomic mass is 9.80. The molecule has 2 N–H and O–H groups in total. The standard InChI is InChI=1S/C28H34FN3S/c1-5-25-15-22(11-12-30-25)27-17-24(29)14-23(13-20-7-6-8-20)28(27)31-19(4)32-33-26-10-9-21(16-26)18(2)3/h9,11-12,14-18,20,31-32H,4-8,10,13H2,1-3H3. The van der Waals surface area contributed by atoms with Crippen molar-refractivity contribution in [1.82, 2.24) is 9.71 Å². The Labute approximate surface area is 201 Å². The monoisotopic (exact) mass is 463 g/mol. The van der Waals surface area contributed by atoms with Crippen LogP contribution in [-0.4, -0.2) is 4.98 Å². The molecule has 2 aliphatic carbocycles. The van der Waals surface area contributed by atoms with Crippen molar-refractivity contribution in [2.75, 3.05) is 5.32 Å². The van der Waals surface area contributed by atoms with E-state index in [1.54, 1.807) is 24.1 Å². The van der Waals surface area contributed by atoms with Gasteiger partial charge in [-0.25, -0.2) is 4.39 Å². The summed E-state index contributed by atoms with van der Waals surface area (Å²) in [4.78, 5) is 5.70. The maximum absolute atomic E-state index is 14.7. The Kier molecular flexibility index (Phi) is 7.59. The normalized spacial score (nSPS) is 15.8. The van der Waals surface area contributed by atoms with E-state index in [4.69, 9.17) is 0 Å². The molecule has 0 amide bonds. The lowest BCUT2D eigenvalue weighted by Crippen LogP contribution is -2.17. The molecular weight excluding hydrogens is 429 g/mol. The van der Waals surface area contributed by atoms with Crippen molar-refractivity contribution in [3.8, 4) is 11.1 Å². The minimum Gasteiger partial charge on any atom is -0.341 e. The van der Waals surface area contributed by atoms with Gasteiger partial charge in [0.2, 0.25) is 0 Å². The number of hydrogen-bond donors (Lipinski definition) is 2. The van der Waals surface area contributed by atoms with E-state index >= 15 is 0 Å². The molecule has 1 aromatic carbocycles. The summed E-state index contributed by atoms with van der Waals surface area (Å²) < 4.78 is 18.1. The summed E-state index contributed by atoms with van der Waals surface area (Å²) in [5.74, 6) is 1.67. The first kappa shape index (κ1) is 23.6. The molecule has 0 saturated heterocycles. The van der Waals surface area contributed by atoms with E-state index in [9.17, 15) is 4.39 Å². The molecule has 33 heavy (non-hydrogen) atoms. The van der Waals surface area contributed by atoms with E-state index in [-0.39, 0.29) is 5.82 Å². The summed E-state index contributed by atoms with van der Waals surface area (Å²) in [7, 11) is 0. The Bertz CT molecular complexity index is 1080. The summed E-state index contributed by atoms with van der Waals surface area (Å²) in [6, 6.07) is 7.32. The van der Waals surface area contributed by atoms with E-state index in [2.05, 4.69) is 60.6 Å². The first-order valence-corrected chi connectivity index (χ1v) is 12.8. The number of aryl methyl sites for hydroxylation is 1. The van der Waals surface area contributed by atoms with Crippen molar-refractivity contribution in [3.63, 3.8) is 0 Å². The number of rotatable bonds is 10. The molecule has 0 bridgehead atoms. The van der Waals surface area contributed by atoms with Gasteiger partial charge >= 0.3 is 0 Å². The lowest BCUT2D eigenvalue weighted by molar-refractivity contribution is 0.314. The number of halogens is 1. The predicted molar refractivity (Wildman–Crippen MR) is 139 cm³/mol. The first-order chi connectivity index (χ1) is 15.9. The van der Waals surface area contributed by atoms with Crippen LogP contribution >= 0.6 is 11.9 Å². The van der Waals surface area contributed by atoms with Crippen LogP contribution in [0.25, 0.3) is 11.1 Å². The van der Waals surface area contributed by atoms with Crippen LogP contribution < -0.4 is 10.0 Å². The van der Waals surface area contributed by atoms with Crippen LogP contribution in [0, 0.1) is 17.7 Å². The molecule has 0 atom stereocenters. The fourth-order valence-corrected chi connectivity index (χ4v) is 5.01. The van der Waals surface area contributed by atoms with Crippen LogP contribution in [0.1, 0.15) is 57.7 Å². The topological polar surface area (TPSA) is 37.0 Å². The Balaban J connectivity index is 1.58. The minimum atomic E-state index is -0.198. The van der Waals surface area contributed by atoms with Gasteiger partial charge in [-0.1, -0.05) is 52.7 Å². The third-order valence-corrected chi connectivity index (χ3v) is 7.42. The Morgan fingerprint density at radius 3 is 2.76 bits per heavy atom. The number of benzene rings is 1. The zero-order valence-corrected chi connectivity index (χ0v) is 20.7. The summed E-state index contributed by atoms with van der Waals surface area (Å²) in [5.41, 5.74) is 6.17. The highest BCUT2D eigenvalue weighted by atomic mass is 32.2. The summed E-state index contributed by atoms with van der Waals surface area (Å²) in [5, 5.41) is 3.50. The van der Waals surface area contributed by atoms with Gasteiger partial charge < -0.3 is 10.0 Å². The van der Waals surface area contributed by atoms with Crippen LogP contribution in [-0.2, 0) is 12.8 Å². The van der Waals surface area contributed by atoms with E-state index in [1.165, 1.54) is 29.7 Å². The molecule has 0 radical (unpaired) electrons. The van der Waals surface area contributed by atoms with Gasteiger partial charge in [0.15, 0.2) is 0 Å². The van der Waals surface area contributed by atoms with Gasteiger partial charge in [-0.3, -0.25) is 4.98 Å². The zero-order valence-electron chi connectivity index (χ0n) is 19.9. The molecule has 1 aromatic heterocycles. The largest absolute Gasteiger partial charge is 0.341 e. The molecule has 4 rings (SSSR count). The van der Waals surface area contributed by atoms with Crippen molar-refractivity contribution >= 4 is 17.6 Å². The second kappa shape index (κ2) is 10.6. The highest BCUT2D eigenvalue weighted by Gasteiger charge is 2.22. The predicted octanol–water partition coefficient (Wildman–Crippen LogP) is 7.78. The first-order valence-electron chi connectivity index (χ1n) is 12.0. The fraction of sp³-hybridized carbons (Fsp3) is 0.393. The zero-order chi connectivity index (χ0) is 23.4. The van der Waals surface area contributed by atoms with E-state index in [0.29, 0.717) is 17.7 Å². The van der Waals surface area contributed by atoms with E-state index < -0.39 is 0 Å². The van der Waals surface area contributed by atoms with Crippen LogP contribution in [0.5, 0.6) is 0 Å². The van der Waals surface area contributed by atoms with Gasteiger partial charge in [0.05, 0.1) is 5.69 Å². The van der Waals surface area contributed by atoms with Crippen molar-refractivity contribution in [3.05, 3.63) is 82.6 Å². The maximum Gasteiger partial charge on any atom is 0.124 e. The van der Waals surface area contributed by atoms with E-state index in [0.717, 1.165) is 47.3 Å². The second-order valence-electron chi connectivity index (χ2n) is 9.36. The van der Waals surface area contributed by atoms with Crippen LogP contribution in [0.15, 0.2) is 65.5 Å². The molecule has 0 spiro atoms. The number of anilines is 1. The van der Waals surface area contributed by atoms with Crippen LogP contribution in [0.4, 0.5) is 10.1 Å². The Morgan fingerprint density at radius 2 is 2.09 bits per heavy atom. The highest BCUT2D eigenvalue weighted by Crippen LogP contribution is 2.38. The molecule has 0 aliphatic heterocycles. The van der Waals surface area contributed by atoms with Crippen molar-refractivity contribution < 1.29 is 4.39 Å². The SMILES string of the molecule is C=C(NSC1=CC(C(C)C)=CC1)Nc1c(CC2CCC2)cc(F)cc1-c1ccnc(CC)c1. The highest BCUT2D eigenvalue weighted by molar-refractivity contribution is 8.01. The third kappa shape index (κ3) is 5.89. The van der Waals surface area contributed by atoms with E-state index in [1.807, 2.05) is 12.3 Å². The quantitative estimate of drug-likeness (QED) is 0.353. The number of aromatic nitrogens is 1. The molecule has 2 aliphatic rings. The Morgan fingerprint density at radius 1 is 1.27 bits per heavy atom. The van der Waals surface area contributed by atoms with Gasteiger partial charge in [-0.05, 0) is 90.1 Å². The average Bonchev–Trinajstić information content (AvgIpc) is 3.26. The number of allylic oxidation sites excluding steroid dienone is 4. The molecule has 1 saturated carbocycles. The van der Waals surface area contributed by atoms with Gasteiger partial charge in [0.25, 0.3) is 0 Å². The van der Waals surface area contributed by atoms with Gasteiger partial charge in [-0.2, -0.15) is 0 Å². The lowest BCUT2D eigenvalue weighted by Gasteiger charge is -2.27. The van der Waals surface area contributed by atoms with Gasteiger partial charge in [0.1, 0.15) is 11.6 Å². The molecule has 1 fully saturated rings. The van der Waals surface area contributed by atoms with Crippen molar-refractivity contribution in [2.24, 2.45) is 11.8 Å². The molecule has 5 heteroatoms. The molecular formula is C28H34FN3S. The maximum atomic E-state index is 14.7. The fourth-order valence-electron chi connectivity index (χ4n) is 4.35. The van der Waals surface area contributed by atoms with Gasteiger partial charge in [0, 0.05) is 22.4 Å². The summed E-state index contributed by atoms with van der Waals surface area (Å²) in [6.45, 7) is 10.7. The van der Waals surface area contributed by atoms with Gasteiger partial charge in [-0.15, -0.1) is 0 Å². The molecule has 1 heterocycles. The molecule has 2 aromatic rings. The smallest absolute Gasteiger partial charge is 0.124 e. The summed E-state index contributed by atoms with van der Waals surface area (Å²) >= 11 is 1.59. The average molecular weight is 464 g/mol. The minimum absolute atomic E-state index is 0.198.